The van der Waals surface area contributed by atoms with Gasteiger partial charge in [0.05, 0.1) is 16.5 Å². The number of rotatable bonds is 5. The van der Waals surface area contributed by atoms with E-state index in [-0.39, 0.29) is 11.6 Å². The Morgan fingerprint density at radius 2 is 1.76 bits per heavy atom. The number of aromatic nitrogens is 2. The van der Waals surface area contributed by atoms with Gasteiger partial charge in [-0.05, 0) is 37.3 Å². The highest BCUT2D eigenvalue weighted by Gasteiger charge is 2.08. The van der Waals surface area contributed by atoms with Crippen molar-refractivity contribution in [3.63, 3.8) is 0 Å². The molecule has 9 heteroatoms. The zero-order chi connectivity index (χ0) is 15.5. The van der Waals surface area contributed by atoms with E-state index in [9.17, 15) is 8.42 Å². The monoisotopic (exact) mass is 346 g/mol. The van der Waals surface area contributed by atoms with Gasteiger partial charge in [0.15, 0.2) is 11.6 Å². The van der Waals surface area contributed by atoms with E-state index in [1.54, 1.807) is 24.3 Å². The van der Waals surface area contributed by atoms with Crippen LogP contribution in [-0.4, -0.2) is 24.4 Å². The Morgan fingerprint density at radius 3 is 2.38 bits per heavy atom. The summed E-state index contributed by atoms with van der Waals surface area (Å²) in [5, 5.41) is 11.6. The molecule has 0 atom stereocenters. The Kier molecular flexibility index (Phi) is 4.87. The summed E-state index contributed by atoms with van der Waals surface area (Å²) >= 11 is 11.9. The van der Waals surface area contributed by atoms with Crippen LogP contribution in [-0.2, 0) is 10.0 Å². The Hall–Kier alpha value is -1.57. The molecule has 112 valence electrons. The van der Waals surface area contributed by atoms with Crippen molar-refractivity contribution in [2.24, 2.45) is 0 Å². The summed E-state index contributed by atoms with van der Waals surface area (Å²) in [6.45, 7) is 1.53. The lowest BCUT2D eigenvalue weighted by atomic mass is 10.3. The number of sulfonamides is 1. The lowest BCUT2D eigenvalue weighted by molar-refractivity contribution is 0.602. The van der Waals surface area contributed by atoms with Gasteiger partial charge in [-0.15, -0.1) is 10.2 Å². The summed E-state index contributed by atoms with van der Waals surface area (Å²) in [6.07, 6.45) is 0. The normalized spacial score (nSPS) is 11.2. The molecule has 1 heterocycles. The van der Waals surface area contributed by atoms with Gasteiger partial charge < -0.3 is 5.32 Å². The number of benzene rings is 1. The van der Waals surface area contributed by atoms with Gasteiger partial charge in [-0.1, -0.05) is 23.2 Å². The molecule has 0 aliphatic carbocycles. The lowest BCUT2D eigenvalue weighted by Crippen LogP contribution is -2.15. The third-order valence-corrected chi connectivity index (χ3v) is 4.34. The highest BCUT2D eigenvalue weighted by molar-refractivity contribution is 7.92. The van der Waals surface area contributed by atoms with Crippen molar-refractivity contribution in [3.05, 3.63) is 40.4 Å². The van der Waals surface area contributed by atoms with Gasteiger partial charge in [-0.2, -0.15) is 0 Å². The van der Waals surface area contributed by atoms with Crippen molar-refractivity contribution in [2.45, 2.75) is 6.92 Å². The first kappa shape index (κ1) is 15.8. The quantitative estimate of drug-likeness (QED) is 0.867. The molecule has 0 fully saturated rings. The molecule has 0 aliphatic heterocycles. The third-order valence-electron chi connectivity index (χ3n) is 2.50. The van der Waals surface area contributed by atoms with Crippen molar-refractivity contribution < 1.29 is 8.42 Å². The third kappa shape index (κ3) is 4.45. The molecule has 0 radical (unpaired) electrons. The van der Waals surface area contributed by atoms with E-state index in [0.717, 1.165) is 0 Å². The Bertz CT molecular complexity index is 735. The van der Waals surface area contributed by atoms with Crippen molar-refractivity contribution in [3.8, 4) is 0 Å². The van der Waals surface area contributed by atoms with Crippen LogP contribution in [0.5, 0.6) is 0 Å². The second kappa shape index (κ2) is 6.46. The highest BCUT2D eigenvalue weighted by atomic mass is 35.5. The fourth-order valence-corrected chi connectivity index (χ4v) is 2.32. The molecule has 2 rings (SSSR count). The number of halogens is 2. The molecule has 0 saturated heterocycles. The minimum atomic E-state index is -3.37. The molecule has 0 aliphatic rings. The first-order chi connectivity index (χ1) is 9.89. The molecule has 21 heavy (non-hydrogen) atoms. The van der Waals surface area contributed by atoms with Crippen molar-refractivity contribution >= 4 is 50.5 Å². The highest BCUT2D eigenvalue weighted by Crippen LogP contribution is 2.27. The first-order valence-electron chi connectivity index (χ1n) is 5.96. The van der Waals surface area contributed by atoms with Crippen molar-refractivity contribution in [1.29, 1.82) is 0 Å². The number of nitrogens with one attached hydrogen (secondary N) is 2. The molecule has 2 N–H and O–H groups in total. The SMILES string of the molecule is CCS(=O)(=O)Nc1ccc(Nc2cc(Cl)ccc2Cl)nn1. The standard InChI is InChI=1S/C12H12Cl2N4O2S/c1-2-21(19,20)18-12-6-5-11(16-17-12)15-10-7-8(13)3-4-9(10)14/h3-7H,2H2,1H3,(H,15,16)(H,17,18). The molecule has 0 bridgehead atoms. The maximum Gasteiger partial charge on any atom is 0.233 e. The molecular weight excluding hydrogens is 335 g/mol. The zero-order valence-electron chi connectivity index (χ0n) is 11.0. The summed E-state index contributed by atoms with van der Waals surface area (Å²) in [4.78, 5) is 0. The van der Waals surface area contributed by atoms with E-state index in [0.29, 0.717) is 21.6 Å². The van der Waals surface area contributed by atoms with E-state index in [1.807, 2.05) is 0 Å². The van der Waals surface area contributed by atoms with E-state index in [4.69, 9.17) is 23.2 Å². The average molecular weight is 347 g/mol. The molecule has 1 aromatic heterocycles. The Morgan fingerprint density at radius 1 is 1.10 bits per heavy atom. The summed E-state index contributed by atoms with van der Waals surface area (Å²) < 4.78 is 25.1. The molecule has 0 spiro atoms. The van der Waals surface area contributed by atoms with Crippen LogP contribution in [0.15, 0.2) is 30.3 Å². The Labute approximate surface area is 132 Å². The second-order valence-corrected chi connectivity index (χ2v) is 6.91. The lowest BCUT2D eigenvalue weighted by Gasteiger charge is -2.08. The maximum atomic E-state index is 11.4. The molecule has 0 unspecified atom stereocenters. The van der Waals surface area contributed by atoms with Crippen LogP contribution in [0.25, 0.3) is 0 Å². The van der Waals surface area contributed by atoms with Crippen molar-refractivity contribution in [1.82, 2.24) is 10.2 Å². The van der Waals surface area contributed by atoms with E-state index in [1.165, 1.54) is 13.0 Å². The van der Waals surface area contributed by atoms with Gasteiger partial charge in [0.1, 0.15) is 0 Å². The van der Waals surface area contributed by atoms with Crippen molar-refractivity contribution in [2.75, 3.05) is 15.8 Å². The zero-order valence-corrected chi connectivity index (χ0v) is 13.3. The second-order valence-electron chi connectivity index (χ2n) is 4.06. The predicted molar refractivity (Wildman–Crippen MR) is 84.9 cm³/mol. The van der Waals surface area contributed by atoms with E-state index < -0.39 is 10.0 Å². The van der Waals surface area contributed by atoms with Crippen LogP contribution < -0.4 is 10.0 Å². The fraction of sp³-hybridized carbons (Fsp3) is 0.167. The van der Waals surface area contributed by atoms with Gasteiger partial charge in [0, 0.05) is 5.02 Å². The van der Waals surface area contributed by atoms with Gasteiger partial charge in [-0.3, -0.25) is 4.72 Å². The predicted octanol–water partition coefficient (Wildman–Crippen LogP) is 3.29. The van der Waals surface area contributed by atoms with Crippen LogP contribution in [0.2, 0.25) is 10.0 Å². The molecule has 2 aromatic rings. The largest absolute Gasteiger partial charge is 0.337 e. The minimum absolute atomic E-state index is 0.0349. The molecule has 0 saturated carbocycles. The number of hydrogen-bond donors (Lipinski definition) is 2. The van der Waals surface area contributed by atoms with Gasteiger partial charge in [0.25, 0.3) is 0 Å². The van der Waals surface area contributed by atoms with Gasteiger partial charge >= 0.3 is 0 Å². The summed E-state index contributed by atoms with van der Waals surface area (Å²) in [5.74, 6) is 0.533. The number of anilines is 3. The number of nitrogens with zero attached hydrogens (tertiary/aromatic N) is 2. The van der Waals surface area contributed by atoms with Crippen LogP contribution in [0, 0.1) is 0 Å². The average Bonchev–Trinajstić information content (AvgIpc) is 2.45. The minimum Gasteiger partial charge on any atom is -0.337 e. The van der Waals surface area contributed by atoms with Gasteiger partial charge in [-0.25, -0.2) is 8.42 Å². The van der Waals surface area contributed by atoms with Gasteiger partial charge in [0.2, 0.25) is 10.0 Å². The smallest absolute Gasteiger partial charge is 0.233 e. The molecule has 0 amide bonds. The van der Waals surface area contributed by atoms with Crippen LogP contribution >= 0.6 is 23.2 Å². The first-order valence-corrected chi connectivity index (χ1v) is 8.37. The summed E-state index contributed by atoms with van der Waals surface area (Å²) in [5.41, 5.74) is 0.584. The summed E-state index contributed by atoms with van der Waals surface area (Å²) in [6, 6.07) is 8.06. The number of hydrogen-bond acceptors (Lipinski definition) is 5. The van der Waals surface area contributed by atoms with Crippen LogP contribution in [0.3, 0.4) is 0 Å². The fourth-order valence-electron chi connectivity index (χ4n) is 1.42. The molecular formula is C12H12Cl2N4O2S. The molecule has 1 aromatic carbocycles. The van der Waals surface area contributed by atoms with E-state index >= 15 is 0 Å². The maximum absolute atomic E-state index is 11.4. The van der Waals surface area contributed by atoms with Crippen LogP contribution in [0.1, 0.15) is 6.92 Å². The van der Waals surface area contributed by atoms with Crippen LogP contribution in [0.4, 0.5) is 17.3 Å². The topological polar surface area (TPSA) is 84.0 Å². The molecule has 6 nitrogen and oxygen atoms in total. The Balaban J connectivity index is 2.14. The van der Waals surface area contributed by atoms with E-state index in [2.05, 4.69) is 20.2 Å². The summed E-state index contributed by atoms with van der Waals surface area (Å²) in [7, 11) is -3.37.